The Morgan fingerprint density at radius 3 is 2.04 bits per heavy atom. The maximum atomic E-state index is 12.8. The van der Waals surface area contributed by atoms with E-state index in [0.717, 1.165) is 10.5 Å². The minimum Gasteiger partial charge on any atom is -0.497 e. The molecule has 1 aliphatic rings. The normalized spacial score (nSPS) is 14.9. The number of sulfonamides is 1. The summed E-state index contributed by atoms with van der Waals surface area (Å²) >= 11 is 0. The lowest BCUT2D eigenvalue weighted by Crippen LogP contribution is -2.29. The number of imide groups is 1. The van der Waals surface area contributed by atoms with Crippen LogP contribution in [0.25, 0.3) is 0 Å². The van der Waals surface area contributed by atoms with Gasteiger partial charge in [0.2, 0.25) is 21.8 Å². The lowest BCUT2D eigenvalue weighted by molar-refractivity contribution is -0.121. The average molecular weight is 388 g/mol. The predicted molar refractivity (Wildman–Crippen MR) is 99.8 cm³/mol. The number of carbonyl (C=O) groups excluding carboxylic acids is 2. The average Bonchev–Trinajstić information content (AvgIpc) is 3.00. The Balaban J connectivity index is 1.77. The molecule has 1 aliphatic heterocycles. The zero-order valence-electron chi connectivity index (χ0n) is 15.1. The molecule has 2 aromatic rings. The molecule has 2 amide bonds. The van der Waals surface area contributed by atoms with Gasteiger partial charge in [-0.1, -0.05) is 12.1 Å². The third-order valence-electron chi connectivity index (χ3n) is 4.42. The van der Waals surface area contributed by atoms with Crippen molar-refractivity contribution in [2.75, 3.05) is 19.1 Å². The van der Waals surface area contributed by atoms with E-state index in [1.165, 1.54) is 35.6 Å². The second-order valence-electron chi connectivity index (χ2n) is 6.23. The van der Waals surface area contributed by atoms with Gasteiger partial charge in [0.15, 0.2) is 0 Å². The first-order valence-electron chi connectivity index (χ1n) is 8.38. The van der Waals surface area contributed by atoms with Crippen molar-refractivity contribution in [1.29, 1.82) is 0 Å². The molecule has 0 aliphatic carbocycles. The van der Waals surface area contributed by atoms with E-state index >= 15 is 0 Å². The fourth-order valence-electron chi connectivity index (χ4n) is 2.88. The van der Waals surface area contributed by atoms with Crippen molar-refractivity contribution in [2.45, 2.75) is 24.3 Å². The second-order valence-corrected chi connectivity index (χ2v) is 8.27. The van der Waals surface area contributed by atoms with Crippen molar-refractivity contribution in [2.24, 2.45) is 0 Å². The van der Waals surface area contributed by atoms with Gasteiger partial charge in [-0.2, -0.15) is 4.31 Å². The van der Waals surface area contributed by atoms with E-state index in [9.17, 15) is 18.0 Å². The minimum atomic E-state index is -3.71. The van der Waals surface area contributed by atoms with Crippen LogP contribution in [-0.2, 0) is 26.2 Å². The molecule has 1 saturated heterocycles. The van der Waals surface area contributed by atoms with Crippen molar-refractivity contribution in [3.63, 3.8) is 0 Å². The van der Waals surface area contributed by atoms with Gasteiger partial charge in [-0.05, 0) is 42.0 Å². The van der Waals surface area contributed by atoms with E-state index in [2.05, 4.69) is 0 Å². The summed E-state index contributed by atoms with van der Waals surface area (Å²) in [6, 6.07) is 12.9. The fraction of sp³-hybridized carbons (Fsp3) is 0.263. The van der Waals surface area contributed by atoms with Crippen LogP contribution >= 0.6 is 0 Å². The summed E-state index contributed by atoms with van der Waals surface area (Å²) in [6.45, 7) is 0.206. The van der Waals surface area contributed by atoms with Crippen LogP contribution < -0.4 is 9.64 Å². The van der Waals surface area contributed by atoms with Crippen LogP contribution in [0, 0.1) is 0 Å². The summed E-state index contributed by atoms with van der Waals surface area (Å²) in [7, 11) is -0.638. The minimum absolute atomic E-state index is 0.0985. The molecular weight excluding hydrogens is 368 g/mol. The Bertz CT molecular complexity index is 937. The highest BCUT2D eigenvalue weighted by Crippen LogP contribution is 2.25. The molecule has 27 heavy (non-hydrogen) atoms. The van der Waals surface area contributed by atoms with Gasteiger partial charge in [-0.15, -0.1) is 0 Å². The molecule has 0 radical (unpaired) electrons. The second kappa shape index (κ2) is 7.50. The largest absolute Gasteiger partial charge is 0.497 e. The Kier molecular flexibility index (Phi) is 5.29. The zero-order chi connectivity index (χ0) is 19.6. The van der Waals surface area contributed by atoms with Gasteiger partial charge in [0.1, 0.15) is 5.75 Å². The zero-order valence-corrected chi connectivity index (χ0v) is 15.9. The predicted octanol–water partition coefficient (Wildman–Crippen LogP) is 2.17. The fourth-order valence-corrected chi connectivity index (χ4v) is 4.04. The first-order chi connectivity index (χ1) is 12.8. The van der Waals surface area contributed by atoms with Gasteiger partial charge in [0.05, 0.1) is 17.7 Å². The number of rotatable bonds is 6. The van der Waals surface area contributed by atoms with E-state index in [0.29, 0.717) is 11.4 Å². The van der Waals surface area contributed by atoms with Gasteiger partial charge in [-0.3, -0.25) is 14.5 Å². The third-order valence-corrected chi connectivity index (χ3v) is 6.24. The molecule has 0 unspecified atom stereocenters. The quantitative estimate of drug-likeness (QED) is 0.708. The van der Waals surface area contributed by atoms with Crippen LogP contribution in [0.15, 0.2) is 53.4 Å². The van der Waals surface area contributed by atoms with E-state index < -0.39 is 10.0 Å². The summed E-state index contributed by atoms with van der Waals surface area (Å²) in [5.41, 5.74) is 1.21. The Hall–Kier alpha value is -2.71. The Labute approximate surface area is 158 Å². The number of carbonyl (C=O) groups is 2. The van der Waals surface area contributed by atoms with Crippen LogP contribution in [0.4, 0.5) is 5.69 Å². The van der Waals surface area contributed by atoms with E-state index in [4.69, 9.17) is 4.74 Å². The van der Waals surface area contributed by atoms with Crippen LogP contribution in [-0.4, -0.2) is 38.7 Å². The molecule has 3 rings (SSSR count). The lowest BCUT2D eigenvalue weighted by Gasteiger charge is -2.19. The number of hydrogen-bond acceptors (Lipinski definition) is 5. The summed E-state index contributed by atoms with van der Waals surface area (Å²) in [6.07, 6.45) is 0.368. The molecule has 8 heteroatoms. The molecule has 2 aromatic carbocycles. The number of benzene rings is 2. The lowest BCUT2D eigenvalue weighted by atomic mass is 10.2. The van der Waals surface area contributed by atoms with Gasteiger partial charge in [0, 0.05) is 26.4 Å². The molecule has 7 nitrogen and oxygen atoms in total. The molecule has 0 aromatic heterocycles. The molecule has 1 heterocycles. The van der Waals surface area contributed by atoms with Crippen molar-refractivity contribution in [3.05, 3.63) is 54.1 Å². The van der Waals surface area contributed by atoms with Gasteiger partial charge >= 0.3 is 0 Å². The molecule has 0 N–H and O–H groups in total. The molecular formula is C19H20N2O5S. The molecule has 0 atom stereocenters. The van der Waals surface area contributed by atoms with Gasteiger partial charge in [-0.25, -0.2) is 8.42 Å². The van der Waals surface area contributed by atoms with Crippen LogP contribution in [0.2, 0.25) is 0 Å². The highest BCUT2D eigenvalue weighted by molar-refractivity contribution is 7.89. The summed E-state index contributed by atoms with van der Waals surface area (Å²) in [5, 5.41) is 0. The van der Waals surface area contributed by atoms with E-state index in [-0.39, 0.29) is 36.1 Å². The van der Waals surface area contributed by atoms with Gasteiger partial charge in [0.25, 0.3) is 0 Å². The molecule has 0 spiro atoms. The number of amides is 2. The Morgan fingerprint density at radius 1 is 0.963 bits per heavy atom. The smallest absolute Gasteiger partial charge is 0.243 e. The first kappa shape index (κ1) is 19.1. The topological polar surface area (TPSA) is 84.0 Å². The SMILES string of the molecule is COc1ccc(CN(C)S(=O)(=O)c2ccc(N3C(=O)CCC3=O)cc2)cc1. The van der Waals surface area contributed by atoms with Crippen molar-refractivity contribution in [3.8, 4) is 5.75 Å². The van der Waals surface area contributed by atoms with Crippen LogP contribution in [0.1, 0.15) is 18.4 Å². The number of ether oxygens (including phenoxy) is 1. The standard InChI is InChI=1S/C19H20N2O5S/c1-20(13-14-3-7-16(26-2)8-4-14)27(24,25)17-9-5-15(6-10-17)21-18(22)11-12-19(21)23/h3-10H,11-13H2,1-2H3. The van der Waals surface area contributed by atoms with Gasteiger partial charge < -0.3 is 4.74 Å². The highest BCUT2D eigenvalue weighted by Gasteiger charge is 2.30. The van der Waals surface area contributed by atoms with Crippen molar-refractivity contribution < 1.29 is 22.7 Å². The number of methoxy groups -OCH3 is 1. The van der Waals surface area contributed by atoms with Crippen LogP contribution in [0.3, 0.4) is 0 Å². The highest BCUT2D eigenvalue weighted by atomic mass is 32.2. The number of nitrogens with zero attached hydrogens (tertiary/aromatic N) is 2. The maximum absolute atomic E-state index is 12.8. The number of anilines is 1. The summed E-state index contributed by atoms with van der Waals surface area (Å²) < 4.78 is 31.9. The van der Waals surface area contributed by atoms with Crippen molar-refractivity contribution in [1.82, 2.24) is 4.31 Å². The third kappa shape index (κ3) is 3.86. The molecule has 142 valence electrons. The number of hydrogen-bond donors (Lipinski definition) is 0. The molecule has 0 bridgehead atoms. The molecule has 1 fully saturated rings. The monoisotopic (exact) mass is 388 g/mol. The van der Waals surface area contributed by atoms with E-state index in [1.54, 1.807) is 31.4 Å². The summed E-state index contributed by atoms with van der Waals surface area (Å²) in [4.78, 5) is 24.8. The summed E-state index contributed by atoms with van der Waals surface area (Å²) in [5.74, 6) is 0.158. The first-order valence-corrected chi connectivity index (χ1v) is 9.82. The van der Waals surface area contributed by atoms with Crippen LogP contribution in [0.5, 0.6) is 5.75 Å². The van der Waals surface area contributed by atoms with Crippen molar-refractivity contribution >= 4 is 27.5 Å². The molecule has 0 saturated carbocycles. The Morgan fingerprint density at radius 2 is 1.52 bits per heavy atom. The van der Waals surface area contributed by atoms with E-state index in [1.807, 2.05) is 0 Å². The maximum Gasteiger partial charge on any atom is 0.243 e.